The lowest BCUT2D eigenvalue weighted by Crippen LogP contribution is -2.42. The molecule has 0 aromatic carbocycles. The number of anilines is 1. The maximum Gasteiger partial charge on any atom is 0.312 e. The summed E-state index contributed by atoms with van der Waals surface area (Å²) in [6, 6.07) is 0. The summed E-state index contributed by atoms with van der Waals surface area (Å²) in [5.41, 5.74) is 0.798. The summed E-state index contributed by atoms with van der Waals surface area (Å²) in [7, 11) is 0. The van der Waals surface area contributed by atoms with Crippen LogP contribution >= 0.6 is 11.3 Å². The van der Waals surface area contributed by atoms with Crippen molar-refractivity contribution in [2.24, 2.45) is 0 Å². The fraction of sp³-hybridized carbons (Fsp3) is 0.692. The number of aromatic nitrogens is 1. The van der Waals surface area contributed by atoms with Crippen LogP contribution in [0.4, 0.5) is 5.13 Å². The van der Waals surface area contributed by atoms with E-state index in [-0.39, 0.29) is 6.10 Å². The van der Waals surface area contributed by atoms with Crippen LogP contribution in [0.2, 0.25) is 0 Å². The van der Waals surface area contributed by atoms with Gasteiger partial charge in [-0.1, -0.05) is 6.92 Å². The normalized spacial score (nSPS) is 26.5. The molecule has 0 spiro atoms. The fourth-order valence-electron chi connectivity index (χ4n) is 2.73. The van der Waals surface area contributed by atoms with Gasteiger partial charge in [0, 0.05) is 18.0 Å². The Balaban J connectivity index is 1.80. The molecule has 2 unspecified atom stereocenters. The highest BCUT2D eigenvalue weighted by Gasteiger charge is 2.33. The van der Waals surface area contributed by atoms with E-state index in [0.29, 0.717) is 6.42 Å². The van der Waals surface area contributed by atoms with Gasteiger partial charge in [-0.3, -0.25) is 4.79 Å². The second-order valence-corrected chi connectivity index (χ2v) is 6.14. The number of ether oxygens (including phenoxy) is 1. The highest BCUT2D eigenvalue weighted by atomic mass is 32.1. The third-order valence-corrected chi connectivity index (χ3v) is 5.06. The molecule has 1 aliphatic carbocycles. The van der Waals surface area contributed by atoms with E-state index in [0.717, 1.165) is 48.2 Å². The molecule has 19 heavy (non-hydrogen) atoms. The Morgan fingerprint density at radius 2 is 2.47 bits per heavy atom. The Morgan fingerprint density at radius 1 is 1.63 bits per heavy atom. The van der Waals surface area contributed by atoms with E-state index in [1.54, 1.807) is 11.3 Å². The summed E-state index contributed by atoms with van der Waals surface area (Å²) >= 11 is 1.66. The van der Waals surface area contributed by atoms with E-state index in [9.17, 15) is 9.90 Å². The summed E-state index contributed by atoms with van der Waals surface area (Å²) in [5.74, 6) is -1.15. The summed E-state index contributed by atoms with van der Waals surface area (Å²) in [6.07, 6.45) is 2.82. The average molecular weight is 282 g/mol. The van der Waals surface area contributed by atoms with E-state index in [1.807, 2.05) is 0 Å². The number of morpholine rings is 1. The molecule has 1 fully saturated rings. The molecule has 5 nitrogen and oxygen atoms in total. The maximum atomic E-state index is 11.2. The smallest absolute Gasteiger partial charge is 0.312 e. The van der Waals surface area contributed by atoms with Crippen molar-refractivity contribution >= 4 is 22.4 Å². The predicted molar refractivity (Wildman–Crippen MR) is 73.1 cm³/mol. The Bertz CT molecular complexity index is 488. The van der Waals surface area contributed by atoms with Crippen LogP contribution in [-0.2, 0) is 16.0 Å². The van der Waals surface area contributed by atoms with Gasteiger partial charge in [0.15, 0.2) is 5.13 Å². The van der Waals surface area contributed by atoms with Gasteiger partial charge in [-0.15, -0.1) is 11.3 Å². The number of aryl methyl sites for hydroxylation is 1. The SMILES string of the molecule is CCC1CN(c2nc3c(s2)CCC3C(=O)O)CCO1. The van der Waals surface area contributed by atoms with Gasteiger partial charge in [0.05, 0.1) is 18.4 Å². The van der Waals surface area contributed by atoms with Crippen LogP contribution in [0.3, 0.4) is 0 Å². The molecule has 2 heterocycles. The number of aliphatic carboxylic acids is 1. The zero-order valence-corrected chi connectivity index (χ0v) is 11.8. The van der Waals surface area contributed by atoms with Gasteiger partial charge < -0.3 is 14.7 Å². The molecular formula is C13H18N2O3S. The Kier molecular flexibility index (Phi) is 3.45. The van der Waals surface area contributed by atoms with Crippen molar-refractivity contribution in [2.45, 2.75) is 38.2 Å². The summed E-state index contributed by atoms with van der Waals surface area (Å²) in [6.45, 7) is 4.56. The quantitative estimate of drug-likeness (QED) is 0.917. The first-order valence-electron chi connectivity index (χ1n) is 6.78. The molecule has 2 aliphatic rings. The zero-order valence-electron chi connectivity index (χ0n) is 11.0. The molecule has 0 amide bonds. The molecule has 0 radical (unpaired) electrons. The summed E-state index contributed by atoms with van der Waals surface area (Å²) < 4.78 is 5.66. The molecule has 1 aromatic rings. The second kappa shape index (κ2) is 5.09. The lowest BCUT2D eigenvalue weighted by atomic mass is 10.1. The Hall–Kier alpha value is -1.14. The minimum absolute atomic E-state index is 0.266. The molecule has 6 heteroatoms. The lowest BCUT2D eigenvalue weighted by molar-refractivity contribution is -0.138. The average Bonchev–Trinajstić information content (AvgIpc) is 2.98. The maximum absolute atomic E-state index is 11.2. The fourth-order valence-corrected chi connectivity index (χ4v) is 3.90. The number of carboxylic acids is 1. The highest BCUT2D eigenvalue weighted by molar-refractivity contribution is 7.15. The molecule has 1 aliphatic heterocycles. The first-order chi connectivity index (χ1) is 9.19. The third kappa shape index (κ3) is 2.34. The van der Waals surface area contributed by atoms with Gasteiger partial charge in [0.2, 0.25) is 0 Å². The number of rotatable bonds is 3. The molecule has 1 N–H and O–H groups in total. The van der Waals surface area contributed by atoms with Crippen molar-refractivity contribution in [3.8, 4) is 0 Å². The largest absolute Gasteiger partial charge is 0.481 e. The number of nitrogens with zero attached hydrogens (tertiary/aromatic N) is 2. The van der Waals surface area contributed by atoms with Gasteiger partial charge in [-0.05, 0) is 19.3 Å². The molecule has 1 saturated heterocycles. The van der Waals surface area contributed by atoms with Crippen LogP contribution in [0.5, 0.6) is 0 Å². The van der Waals surface area contributed by atoms with Gasteiger partial charge in [0.25, 0.3) is 0 Å². The van der Waals surface area contributed by atoms with Crippen molar-refractivity contribution in [2.75, 3.05) is 24.6 Å². The number of hydrogen-bond acceptors (Lipinski definition) is 5. The first-order valence-corrected chi connectivity index (χ1v) is 7.59. The zero-order chi connectivity index (χ0) is 13.4. The Morgan fingerprint density at radius 3 is 3.21 bits per heavy atom. The molecule has 104 valence electrons. The molecule has 0 bridgehead atoms. The summed E-state index contributed by atoms with van der Waals surface area (Å²) in [5, 5.41) is 10.2. The Labute approximate surface area is 116 Å². The van der Waals surface area contributed by atoms with E-state index < -0.39 is 11.9 Å². The van der Waals surface area contributed by atoms with Gasteiger partial charge in [-0.2, -0.15) is 0 Å². The molecule has 3 rings (SSSR count). The molecular weight excluding hydrogens is 264 g/mol. The van der Waals surface area contributed by atoms with E-state index in [4.69, 9.17) is 4.74 Å². The molecule has 0 saturated carbocycles. The topological polar surface area (TPSA) is 62.7 Å². The highest BCUT2D eigenvalue weighted by Crippen LogP contribution is 2.39. The number of carboxylic acid groups (broad SMARTS) is 1. The van der Waals surface area contributed by atoms with Crippen LogP contribution in [0, 0.1) is 0 Å². The standard InChI is InChI=1S/C13H18N2O3S/c1-2-8-7-15(5-6-18-8)13-14-11-9(12(16)17)3-4-10(11)19-13/h8-9H,2-7H2,1H3,(H,16,17). The van der Waals surface area contributed by atoms with Crippen LogP contribution in [-0.4, -0.2) is 41.9 Å². The van der Waals surface area contributed by atoms with Crippen molar-refractivity contribution in [3.63, 3.8) is 0 Å². The lowest BCUT2D eigenvalue weighted by Gasteiger charge is -2.32. The minimum atomic E-state index is -0.746. The monoisotopic (exact) mass is 282 g/mol. The van der Waals surface area contributed by atoms with Gasteiger partial charge in [-0.25, -0.2) is 4.98 Å². The molecule has 1 aromatic heterocycles. The van der Waals surface area contributed by atoms with Crippen molar-refractivity contribution in [1.82, 2.24) is 4.98 Å². The second-order valence-electron chi connectivity index (χ2n) is 5.08. The number of fused-ring (bicyclic) bond motifs is 1. The van der Waals surface area contributed by atoms with Gasteiger partial charge >= 0.3 is 5.97 Å². The van der Waals surface area contributed by atoms with Crippen molar-refractivity contribution in [3.05, 3.63) is 10.6 Å². The number of hydrogen-bond donors (Lipinski definition) is 1. The van der Waals surface area contributed by atoms with E-state index in [2.05, 4.69) is 16.8 Å². The molecule has 2 atom stereocenters. The van der Waals surface area contributed by atoms with Crippen molar-refractivity contribution in [1.29, 1.82) is 0 Å². The number of thiazole rings is 1. The van der Waals surface area contributed by atoms with Crippen LogP contribution < -0.4 is 4.90 Å². The minimum Gasteiger partial charge on any atom is -0.481 e. The summed E-state index contributed by atoms with van der Waals surface area (Å²) in [4.78, 5) is 19.2. The van der Waals surface area contributed by atoms with E-state index in [1.165, 1.54) is 0 Å². The number of carbonyl (C=O) groups is 1. The van der Waals surface area contributed by atoms with Gasteiger partial charge in [0.1, 0.15) is 5.92 Å². The van der Waals surface area contributed by atoms with E-state index >= 15 is 0 Å². The third-order valence-electron chi connectivity index (χ3n) is 3.87. The first kappa shape index (κ1) is 12.9. The van der Waals surface area contributed by atoms with Crippen molar-refractivity contribution < 1.29 is 14.6 Å². The van der Waals surface area contributed by atoms with Crippen LogP contribution in [0.1, 0.15) is 36.3 Å². The van der Waals surface area contributed by atoms with Crippen LogP contribution in [0.15, 0.2) is 0 Å². The van der Waals surface area contributed by atoms with Crippen LogP contribution in [0.25, 0.3) is 0 Å². The predicted octanol–water partition coefficient (Wildman–Crippen LogP) is 1.87.